The van der Waals surface area contributed by atoms with Crippen molar-refractivity contribution in [2.75, 3.05) is 25.0 Å². The number of benzene rings is 1. The van der Waals surface area contributed by atoms with Gasteiger partial charge in [-0.05, 0) is 37.8 Å². The number of urea groups is 1. The molecular formula is C18H24N4OS. The summed E-state index contributed by atoms with van der Waals surface area (Å²) in [5, 5.41) is 6.43. The molecule has 2 N–H and O–H groups in total. The number of carbonyl (C=O) groups is 1. The molecule has 3 rings (SSSR count). The van der Waals surface area contributed by atoms with Crippen LogP contribution >= 0.6 is 11.3 Å². The maximum Gasteiger partial charge on any atom is 0.321 e. The second-order valence-electron chi connectivity index (χ2n) is 6.34. The van der Waals surface area contributed by atoms with Crippen LogP contribution in [0, 0.1) is 12.8 Å². The molecule has 0 aliphatic carbocycles. The van der Waals surface area contributed by atoms with Gasteiger partial charge in [0.15, 0.2) is 5.13 Å². The molecule has 1 aromatic carbocycles. The van der Waals surface area contributed by atoms with Gasteiger partial charge in [0.25, 0.3) is 0 Å². The normalized spacial score (nSPS) is 18.3. The van der Waals surface area contributed by atoms with Gasteiger partial charge in [0, 0.05) is 30.7 Å². The van der Waals surface area contributed by atoms with Crippen molar-refractivity contribution in [3.05, 3.63) is 47.0 Å². The zero-order valence-electron chi connectivity index (χ0n) is 14.0. The van der Waals surface area contributed by atoms with Crippen LogP contribution in [0.25, 0.3) is 0 Å². The maximum atomic E-state index is 12.0. The molecule has 1 atom stereocenters. The fourth-order valence-electron chi connectivity index (χ4n) is 3.09. The van der Waals surface area contributed by atoms with E-state index in [1.165, 1.54) is 29.7 Å². The summed E-state index contributed by atoms with van der Waals surface area (Å²) in [5.74, 6) is 0.506. The molecule has 0 saturated carbocycles. The number of hydrogen-bond acceptors (Lipinski definition) is 4. The van der Waals surface area contributed by atoms with Crippen molar-refractivity contribution in [3.63, 3.8) is 0 Å². The summed E-state index contributed by atoms with van der Waals surface area (Å²) >= 11 is 1.49. The molecule has 0 bridgehead atoms. The predicted octanol–water partition coefficient (Wildman–Crippen LogP) is 3.49. The summed E-state index contributed by atoms with van der Waals surface area (Å²) in [4.78, 5) is 19.7. The molecule has 2 heterocycles. The summed E-state index contributed by atoms with van der Waals surface area (Å²) < 4.78 is 0. The minimum atomic E-state index is -0.162. The topological polar surface area (TPSA) is 57.3 Å². The third-order valence-corrected chi connectivity index (χ3v) is 5.07. The monoisotopic (exact) mass is 344 g/mol. The Hall–Kier alpha value is -1.92. The van der Waals surface area contributed by atoms with E-state index < -0.39 is 0 Å². The Morgan fingerprint density at radius 2 is 2.21 bits per heavy atom. The second kappa shape index (κ2) is 8.26. The van der Waals surface area contributed by atoms with Crippen LogP contribution in [-0.2, 0) is 6.54 Å². The molecule has 1 aliphatic rings. The molecule has 1 fully saturated rings. The van der Waals surface area contributed by atoms with E-state index in [0.29, 0.717) is 17.6 Å². The molecule has 2 amide bonds. The molecule has 2 aromatic rings. The van der Waals surface area contributed by atoms with E-state index in [0.717, 1.165) is 24.5 Å². The molecule has 0 spiro atoms. The third-order valence-electron chi connectivity index (χ3n) is 4.25. The molecule has 1 aromatic heterocycles. The Labute approximate surface area is 147 Å². The van der Waals surface area contributed by atoms with Gasteiger partial charge in [-0.25, -0.2) is 9.78 Å². The Kier molecular flexibility index (Phi) is 5.82. The molecule has 24 heavy (non-hydrogen) atoms. The van der Waals surface area contributed by atoms with Crippen LogP contribution in [0.3, 0.4) is 0 Å². The zero-order valence-corrected chi connectivity index (χ0v) is 14.8. The fraction of sp³-hybridized carbons (Fsp3) is 0.444. The number of rotatable bonds is 5. The number of anilines is 1. The highest BCUT2D eigenvalue weighted by molar-refractivity contribution is 7.15. The number of likely N-dealkylation sites (tertiary alicyclic amines) is 1. The van der Waals surface area contributed by atoms with E-state index in [1.807, 2.05) is 6.92 Å². The molecule has 128 valence electrons. The quantitative estimate of drug-likeness (QED) is 0.873. The number of aromatic nitrogens is 1. The van der Waals surface area contributed by atoms with Gasteiger partial charge in [0.1, 0.15) is 0 Å². The third kappa shape index (κ3) is 5.04. The first-order chi connectivity index (χ1) is 11.7. The van der Waals surface area contributed by atoms with Gasteiger partial charge < -0.3 is 5.32 Å². The second-order valence-corrected chi connectivity index (χ2v) is 7.57. The van der Waals surface area contributed by atoms with Crippen LogP contribution < -0.4 is 10.6 Å². The van der Waals surface area contributed by atoms with Gasteiger partial charge in [-0.2, -0.15) is 0 Å². The van der Waals surface area contributed by atoms with Crippen molar-refractivity contribution < 1.29 is 4.79 Å². The van der Waals surface area contributed by atoms with Crippen LogP contribution in [0.2, 0.25) is 0 Å². The van der Waals surface area contributed by atoms with Crippen molar-refractivity contribution in [3.8, 4) is 0 Å². The number of aryl methyl sites for hydroxylation is 1. The smallest absolute Gasteiger partial charge is 0.321 e. The Morgan fingerprint density at radius 1 is 1.38 bits per heavy atom. The molecule has 1 aliphatic heterocycles. The van der Waals surface area contributed by atoms with E-state index in [-0.39, 0.29) is 6.03 Å². The van der Waals surface area contributed by atoms with E-state index in [2.05, 4.69) is 50.8 Å². The molecule has 1 unspecified atom stereocenters. The summed E-state index contributed by atoms with van der Waals surface area (Å²) in [5.41, 5.74) is 1.35. The van der Waals surface area contributed by atoms with Gasteiger partial charge >= 0.3 is 6.03 Å². The van der Waals surface area contributed by atoms with Crippen molar-refractivity contribution in [2.45, 2.75) is 26.3 Å². The Morgan fingerprint density at radius 3 is 2.96 bits per heavy atom. The Bertz CT molecular complexity index is 658. The first kappa shape index (κ1) is 16.9. The van der Waals surface area contributed by atoms with E-state index in [9.17, 15) is 4.79 Å². The van der Waals surface area contributed by atoms with Gasteiger partial charge in [-0.1, -0.05) is 30.3 Å². The highest BCUT2D eigenvalue weighted by Gasteiger charge is 2.20. The standard InChI is InChI=1S/C18H24N4OS/c1-14-10-20-18(24-14)21-17(23)19-11-16-8-5-9-22(13-16)12-15-6-3-2-4-7-15/h2-4,6-7,10,16H,5,8-9,11-13H2,1H3,(H2,19,20,21,23). The Balaban J connectivity index is 1.42. The average Bonchev–Trinajstić information content (AvgIpc) is 2.99. The van der Waals surface area contributed by atoms with Crippen LogP contribution in [0.1, 0.15) is 23.3 Å². The van der Waals surface area contributed by atoms with E-state index in [4.69, 9.17) is 0 Å². The number of piperidine rings is 1. The van der Waals surface area contributed by atoms with Crippen LogP contribution in [-0.4, -0.2) is 35.5 Å². The molecule has 1 saturated heterocycles. The highest BCUT2D eigenvalue weighted by Crippen LogP contribution is 2.19. The van der Waals surface area contributed by atoms with Crippen LogP contribution in [0.15, 0.2) is 36.5 Å². The summed E-state index contributed by atoms with van der Waals surface area (Å²) in [7, 11) is 0. The average molecular weight is 344 g/mol. The van der Waals surface area contributed by atoms with E-state index in [1.54, 1.807) is 6.20 Å². The van der Waals surface area contributed by atoms with Crippen molar-refractivity contribution >= 4 is 22.5 Å². The minimum absolute atomic E-state index is 0.162. The minimum Gasteiger partial charge on any atom is -0.337 e. The first-order valence-electron chi connectivity index (χ1n) is 8.42. The lowest BCUT2D eigenvalue weighted by atomic mass is 9.97. The molecule has 0 radical (unpaired) electrons. The largest absolute Gasteiger partial charge is 0.337 e. The fourth-order valence-corrected chi connectivity index (χ4v) is 3.75. The van der Waals surface area contributed by atoms with E-state index >= 15 is 0 Å². The lowest BCUT2D eigenvalue weighted by molar-refractivity contribution is 0.166. The number of nitrogens with zero attached hydrogens (tertiary/aromatic N) is 2. The maximum absolute atomic E-state index is 12.0. The lowest BCUT2D eigenvalue weighted by Crippen LogP contribution is -2.41. The SMILES string of the molecule is Cc1cnc(NC(=O)NCC2CCCN(Cc3ccccc3)C2)s1. The van der Waals surface area contributed by atoms with Gasteiger partial charge in [0.05, 0.1) is 0 Å². The predicted molar refractivity (Wildman–Crippen MR) is 98.3 cm³/mol. The van der Waals surface area contributed by atoms with Gasteiger partial charge in [-0.15, -0.1) is 11.3 Å². The highest BCUT2D eigenvalue weighted by atomic mass is 32.1. The zero-order chi connectivity index (χ0) is 16.8. The lowest BCUT2D eigenvalue weighted by Gasteiger charge is -2.32. The number of amides is 2. The number of hydrogen-bond donors (Lipinski definition) is 2. The van der Waals surface area contributed by atoms with Crippen molar-refractivity contribution in [2.24, 2.45) is 5.92 Å². The summed E-state index contributed by atoms with van der Waals surface area (Å²) in [6.07, 6.45) is 4.12. The first-order valence-corrected chi connectivity index (χ1v) is 9.24. The molecular weight excluding hydrogens is 320 g/mol. The van der Waals surface area contributed by atoms with Gasteiger partial charge in [0.2, 0.25) is 0 Å². The number of carbonyl (C=O) groups excluding carboxylic acids is 1. The van der Waals surface area contributed by atoms with Crippen LogP contribution in [0.5, 0.6) is 0 Å². The number of thiazole rings is 1. The van der Waals surface area contributed by atoms with Crippen molar-refractivity contribution in [1.29, 1.82) is 0 Å². The van der Waals surface area contributed by atoms with Crippen molar-refractivity contribution in [1.82, 2.24) is 15.2 Å². The molecule has 5 nitrogen and oxygen atoms in total. The molecule has 6 heteroatoms. The van der Waals surface area contributed by atoms with Crippen LogP contribution in [0.4, 0.5) is 9.93 Å². The number of nitrogens with one attached hydrogen (secondary N) is 2. The van der Waals surface area contributed by atoms with Gasteiger partial charge in [-0.3, -0.25) is 10.2 Å². The summed E-state index contributed by atoms with van der Waals surface area (Å²) in [6, 6.07) is 10.4. The summed E-state index contributed by atoms with van der Waals surface area (Å²) in [6.45, 7) is 5.84.